The first-order valence-electron chi connectivity index (χ1n) is 12.5. The lowest BCUT2D eigenvalue weighted by molar-refractivity contribution is 0.0322. The van der Waals surface area contributed by atoms with Gasteiger partial charge in [-0.05, 0) is 50.3 Å². The second-order valence-corrected chi connectivity index (χ2v) is 11.9. The Balaban J connectivity index is 1.45. The molecule has 0 spiro atoms. The van der Waals surface area contributed by atoms with Gasteiger partial charge in [0.1, 0.15) is 23.1 Å². The van der Waals surface area contributed by atoms with Gasteiger partial charge < -0.3 is 14.5 Å². The lowest BCUT2D eigenvalue weighted by Gasteiger charge is -2.39. The highest BCUT2D eigenvalue weighted by atomic mass is 32.2. The molecule has 3 heterocycles. The SMILES string of the molecule is C[C@H]1CC[C@H](c2ccccc2)S(=O)(=O)N1Cc1cc(F)c(C2(NC(=O)c3ncco3)CCOCC2)cc1F. The van der Waals surface area contributed by atoms with E-state index in [1.165, 1.54) is 16.8 Å². The Morgan fingerprint density at radius 3 is 2.55 bits per heavy atom. The highest BCUT2D eigenvalue weighted by Crippen LogP contribution is 2.39. The first kappa shape index (κ1) is 26.5. The van der Waals surface area contributed by atoms with E-state index in [-0.39, 0.29) is 55.7 Å². The van der Waals surface area contributed by atoms with Crippen LogP contribution in [0.1, 0.15) is 65.2 Å². The predicted octanol–water partition coefficient (Wildman–Crippen LogP) is 4.44. The van der Waals surface area contributed by atoms with Crippen LogP contribution in [-0.2, 0) is 26.8 Å². The summed E-state index contributed by atoms with van der Waals surface area (Å²) in [4.78, 5) is 16.6. The van der Waals surface area contributed by atoms with Crippen molar-refractivity contribution in [2.75, 3.05) is 13.2 Å². The average Bonchev–Trinajstić information content (AvgIpc) is 3.44. The third-order valence-corrected chi connectivity index (χ3v) is 9.87. The number of rotatable bonds is 6. The Labute approximate surface area is 220 Å². The molecule has 2 atom stereocenters. The third-order valence-electron chi connectivity index (χ3n) is 7.50. The highest BCUT2D eigenvalue weighted by Gasteiger charge is 2.42. The van der Waals surface area contributed by atoms with Crippen molar-refractivity contribution in [2.24, 2.45) is 0 Å². The molecule has 2 fully saturated rings. The van der Waals surface area contributed by atoms with Crippen molar-refractivity contribution in [1.29, 1.82) is 0 Å². The lowest BCUT2D eigenvalue weighted by atomic mass is 9.81. The molecule has 0 unspecified atom stereocenters. The molecule has 0 saturated carbocycles. The number of carbonyl (C=O) groups is 1. The first-order chi connectivity index (χ1) is 18.2. The van der Waals surface area contributed by atoms with Crippen molar-refractivity contribution >= 4 is 15.9 Å². The number of hydrogen-bond donors (Lipinski definition) is 1. The number of amides is 1. The van der Waals surface area contributed by atoms with Crippen LogP contribution in [0.5, 0.6) is 0 Å². The van der Waals surface area contributed by atoms with Crippen LogP contribution in [0.3, 0.4) is 0 Å². The zero-order valence-electron chi connectivity index (χ0n) is 20.9. The number of ether oxygens (including phenoxy) is 1. The van der Waals surface area contributed by atoms with Crippen molar-refractivity contribution in [2.45, 2.75) is 56.0 Å². The van der Waals surface area contributed by atoms with Gasteiger partial charge in [0.25, 0.3) is 5.89 Å². The fraction of sp³-hybridized carbons (Fsp3) is 0.407. The summed E-state index contributed by atoms with van der Waals surface area (Å²) < 4.78 is 70.1. The van der Waals surface area contributed by atoms with Gasteiger partial charge in [0.05, 0.1) is 11.7 Å². The molecule has 3 aromatic rings. The number of oxazole rings is 1. The minimum Gasteiger partial charge on any atom is -0.441 e. The van der Waals surface area contributed by atoms with Crippen molar-refractivity contribution in [3.05, 3.63) is 89.1 Å². The molecule has 11 heteroatoms. The standard InChI is InChI=1S/C27H29F2N3O5S/c1-18-7-8-24(19-5-3-2-4-6-19)38(34,35)32(18)17-20-15-23(29)21(16-22(20)28)27(9-12-36-13-10-27)31-25(33)26-30-11-14-37-26/h2-6,11,14-16,18,24H,7-10,12-13,17H2,1H3,(H,31,33)/t18-,24+/m0/s1. The van der Waals surface area contributed by atoms with Gasteiger partial charge in [-0.3, -0.25) is 4.79 Å². The van der Waals surface area contributed by atoms with Crippen LogP contribution in [0.15, 0.2) is 59.3 Å². The summed E-state index contributed by atoms with van der Waals surface area (Å²) in [6.07, 6.45) is 4.04. The van der Waals surface area contributed by atoms with Gasteiger partial charge in [-0.2, -0.15) is 4.31 Å². The van der Waals surface area contributed by atoms with Crippen molar-refractivity contribution in [3.63, 3.8) is 0 Å². The molecular formula is C27H29F2N3O5S. The molecule has 1 N–H and O–H groups in total. The second-order valence-electron chi connectivity index (χ2n) is 9.83. The summed E-state index contributed by atoms with van der Waals surface area (Å²) >= 11 is 0. The van der Waals surface area contributed by atoms with E-state index in [9.17, 15) is 13.2 Å². The summed E-state index contributed by atoms with van der Waals surface area (Å²) in [5.41, 5.74) is -0.666. The van der Waals surface area contributed by atoms with Gasteiger partial charge in [0.2, 0.25) is 10.0 Å². The summed E-state index contributed by atoms with van der Waals surface area (Å²) in [7, 11) is -3.82. The monoisotopic (exact) mass is 545 g/mol. The molecule has 5 rings (SSSR count). The van der Waals surface area contributed by atoms with E-state index >= 15 is 8.78 Å². The quantitative estimate of drug-likeness (QED) is 0.491. The van der Waals surface area contributed by atoms with Gasteiger partial charge in [-0.1, -0.05) is 30.3 Å². The molecule has 202 valence electrons. The Bertz CT molecular complexity index is 1390. The maximum atomic E-state index is 15.7. The van der Waals surface area contributed by atoms with E-state index in [0.717, 1.165) is 12.1 Å². The van der Waals surface area contributed by atoms with Crippen LogP contribution in [0, 0.1) is 11.6 Å². The fourth-order valence-electron chi connectivity index (χ4n) is 5.38. The largest absolute Gasteiger partial charge is 0.441 e. The average molecular weight is 546 g/mol. The Hall–Kier alpha value is -3.15. The maximum Gasteiger partial charge on any atom is 0.307 e. The number of benzene rings is 2. The Kier molecular flexibility index (Phi) is 7.34. The normalized spacial score (nSPS) is 23.1. The summed E-state index contributed by atoms with van der Waals surface area (Å²) in [6, 6.07) is 10.6. The molecule has 2 aromatic carbocycles. The van der Waals surface area contributed by atoms with Crippen molar-refractivity contribution in [1.82, 2.24) is 14.6 Å². The third kappa shape index (κ3) is 4.97. The van der Waals surface area contributed by atoms with Gasteiger partial charge in [0.15, 0.2) is 0 Å². The zero-order chi connectivity index (χ0) is 26.9. The van der Waals surface area contributed by atoms with Crippen LogP contribution >= 0.6 is 0 Å². The molecular weight excluding hydrogens is 516 g/mol. The highest BCUT2D eigenvalue weighted by molar-refractivity contribution is 7.89. The summed E-state index contributed by atoms with van der Waals surface area (Å²) in [5.74, 6) is -2.33. The van der Waals surface area contributed by atoms with Gasteiger partial charge >= 0.3 is 5.91 Å². The van der Waals surface area contributed by atoms with E-state index in [0.29, 0.717) is 18.4 Å². The Morgan fingerprint density at radius 2 is 1.87 bits per heavy atom. The van der Waals surface area contributed by atoms with Crippen molar-refractivity contribution in [3.8, 4) is 0 Å². The molecule has 0 bridgehead atoms. The summed E-state index contributed by atoms with van der Waals surface area (Å²) in [5, 5.41) is 2.03. The summed E-state index contributed by atoms with van der Waals surface area (Å²) in [6.45, 7) is 1.95. The number of nitrogens with one attached hydrogen (secondary N) is 1. The van der Waals surface area contributed by atoms with Crippen LogP contribution in [0.2, 0.25) is 0 Å². The van der Waals surface area contributed by atoms with Crippen LogP contribution in [0.4, 0.5) is 8.78 Å². The fourth-order valence-corrected chi connectivity index (χ4v) is 7.57. The molecule has 38 heavy (non-hydrogen) atoms. The lowest BCUT2D eigenvalue weighted by Crippen LogP contribution is -2.50. The van der Waals surface area contributed by atoms with Crippen molar-refractivity contribution < 1.29 is 31.1 Å². The smallest absolute Gasteiger partial charge is 0.307 e. The molecule has 0 aliphatic carbocycles. The van der Waals surface area contributed by atoms with Gasteiger partial charge in [-0.25, -0.2) is 22.2 Å². The predicted molar refractivity (Wildman–Crippen MR) is 134 cm³/mol. The number of sulfonamides is 1. The Morgan fingerprint density at radius 1 is 1.13 bits per heavy atom. The maximum absolute atomic E-state index is 15.7. The number of hydrogen-bond acceptors (Lipinski definition) is 6. The zero-order valence-corrected chi connectivity index (χ0v) is 21.7. The minimum atomic E-state index is -3.82. The van der Waals surface area contributed by atoms with E-state index < -0.39 is 38.4 Å². The van der Waals surface area contributed by atoms with E-state index in [2.05, 4.69) is 10.3 Å². The topological polar surface area (TPSA) is 102 Å². The second kappa shape index (κ2) is 10.5. The van der Waals surface area contributed by atoms with Crippen LogP contribution in [0.25, 0.3) is 0 Å². The molecule has 2 aliphatic heterocycles. The van der Waals surface area contributed by atoms with E-state index in [1.807, 2.05) is 6.07 Å². The number of nitrogens with zero attached hydrogens (tertiary/aromatic N) is 2. The van der Waals surface area contributed by atoms with Crippen LogP contribution in [-0.4, -0.2) is 42.9 Å². The molecule has 2 aliphatic rings. The number of aromatic nitrogens is 1. The number of halogens is 2. The minimum absolute atomic E-state index is 0.0290. The van der Waals surface area contributed by atoms with Crippen LogP contribution < -0.4 is 5.32 Å². The number of carbonyl (C=O) groups excluding carboxylic acids is 1. The van der Waals surface area contributed by atoms with E-state index in [4.69, 9.17) is 9.15 Å². The van der Waals surface area contributed by atoms with Gasteiger partial charge in [-0.15, -0.1) is 0 Å². The molecule has 1 amide bonds. The van der Waals surface area contributed by atoms with Gasteiger partial charge in [0, 0.05) is 36.9 Å². The van der Waals surface area contributed by atoms with E-state index in [1.54, 1.807) is 31.2 Å². The molecule has 1 aromatic heterocycles. The molecule has 8 nitrogen and oxygen atoms in total. The first-order valence-corrected chi connectivity index (χ1v) is 14.1. The molecule has 0 radical (unpaired) electrons. The molecule has 2 saturated heterocycles.